The second kappa shape index (κ2) is 7.07. The summed E-state index contributed by atoms with van der Waals surface area (Å²) in [6, 6.07) is 8.09. The van der Waals surface area contributed by atoms with E-state index >= 15 is 0 Å². The minimum Gasteiger partial charge on any atom is -0.339 e. The number of piperidine rings is 1. The Bertz CT molecular complexity index is 715. The van der Waals surface area contributed by atoms with Gasteiger partial charge in [0.2, 0.25) is 0 Å². The van der Waals surface area contributed by atoms with Crippen molar-refractivity contribution in [1.29, 1.82) is 0 Å². The summed E-state index contributed by atoms with van der Waals surface area (Å²) in [5.74, 6) is 0.583. The Hall–Kier alpha value is -1.66. The van der Waals surface area contributed by atoms with Crippen molar-refractivity contribution < 1.29 is 4.79 Å². The monoisotopic (exact) mass is 390 g/mol. The summed E-state index contributed by atoms with van der Waals surface area (Å²) in [5.41, 5.74) is 8.48. The number of amides is 1. The van der Waals surface area contributed by atoms with Crippen LogP contribution >= 0.6 is 15.9 Å². The average Bonchev–Trinajstić information content (AvgIpc) is 2.96. The molecule has 0 spiro atoms. The van der Waals surface area contributed by atoms with Crippen LogP contribution in [0.15, 0.2) is 34.9 Å². The van der Waals surface area contributed by atoms with E-state index < -0.39 is 0 Å². The second-order valence-electron chi connectivity index (χ2n) is 6.52. The van der Waals surface area contributed by atoms with Crippen LogP contribution < -0.4 is 5.73 Å². The lowest BCUT2D eigenvalue weighted by Crippen LogP contribution is -2.42. The SMILES string of the molecule is Cc1c(C(=O)N2CCC(C(C)N)CC2)cnn1-c1ccc(Br)cc1. The molecule has 0 aliphatic carbocycles. The zero-order valence-electron chi connectivity index (χ0n) is 14.1. The van der Waals surface area contributed by atoms with Crippen LogP contribution in [-0.2, 0) is 0 Å². The van der Waals surface area contributed by atoms with Crippen LogP contribution in [-0.4, -0.2) is 39.7 Å². The van der Waals surface area contributed by atoms with E-state index in [0.29, 0.717) is 11.5 Å². The van der Waals surface area contributed by atoms with Crippen LogP contribution in [0.5, 0.6) is 0 Å². The molecule has 6 heteroatoms. The van der Waals surface area contributed by atoms with Crippen molar-refractivity contribution in [3.8, 4) is 5.69 Å². The number of hydrogen-bond acceptors (Lipinski definition) is 3. The molecule has 2 aromatic rings. The quantitative estimate of drug-likeness (QED) is 0.875. The highest BCUT2D eigenvalue weighted by Gasteiger charge is 2.27. The summed E-state index contributed by atoms with van der Waals surface area (Å²) >= 11 is 3.43. The van der Waals surface area contributed by atoms with E-state index in [4.69, 9.17) is 5.73 Å². The summed E-state index contributed by atoms with van der Waals surface area (Å²) in [6.07, 6.45) is 3.63. The maximum Gasteiger partial charge on any atom is 0.257 e. The van der Waals surface area contributed by atoms with Gasteiger partial charge >= 0.3 is 0 Å². The molecule has 2 N–H and O–H groups in total. The minimum absolute atomic E-state index is 0.0685. The van der Waals surface area contributed by atoms with E-state index in [1.165, 1.54) is 0 Å². The fourth-order valence-electron chi connectivity index (χ4n) is 3.26. The minimum atomic E-state index is 0.0685. The third-order valence-electron chi connectivity index (χ3n) is 4.88. The highest BCUT2D eigenvalue weighted by atomic mass is 79.9. The Balaban J connectivity index is 1.76. The Kier molecular flexibility index (Phi) is 5.06. The first-order valence-corrected chi connectivity index (χ1v) is 9.12. The summed E-state index contributed by atoms with van der Waals surface area (Å²) in [4.78, 5) is 14.8. The van der Waals surface area contributed by atoms with Gasteiger partial charge in [0.15, 0.2) is 0 Å². The molecule has 128 valence electrons. The number of halogens is 1. The predicted molar refractivity (Wildman–Crippen MR) is 98.3 cm³/mol. The molecule has 2 heterocycles. The van der Waals surface area contributed by atoms with Crippen LogP contribution in [0, 0.1) is 12.8 Å². The van der Waals surface area contributed by atoms with Gasteiger partial charge in [0.1, 0.15) is 0 Å². The number of hydrogen-bond donors (Lipinski definition) is 1. The van der Waals surface area contributed by atoms with Gasteiger partial charge < -0.3 is 10.6 Å². The zero-order valence-corrected chi connectivity index (χ0v) is 15.7. The molecule has 1 unspecified atom stereocenters. The van der Waals surface area contributed by atoms with Crippen LogP contribution in [0.4, 0.5) is 0 Å². The van der Waals surface area contributed by atoms with Gasteiger partial charge in [-0.2, -0.15) is 5.10 Å². The van der Waals surface area contributed by atoms with Gasteiger partial charge in [-0.05, 0) is 56.9 Å². The molecule has 1 aliphatic rings. The number of nitrogens with two attached hydrogens (primary N) is 1. The van der Waals surface area contributed by atoms with Gasteiger partial charge in [-0.1, -0.05) is 15.9 Å². The molecule has 0 bridgehead atoms. The lowest BCUT2D eigenvalue weighted by atomic mass is 9.91. The molecule has 0 radical (unpaired) electrons. The lowest BCUT2D eigenvalue weighted by molar-refractivity contribution is 0.0680. The Morgan fingerprint density at radius 1 is 1.29 bits per heavy atom. The van der Waals surface area contributed by atoms with Crippen LogP contribution in [0.3, 0.4) is 0 Å². The van der Waals surface area contributed by atoms with Crippen molar-refractivity contribution in [3.63, 3.8) is 0 Å². The summed E-state index contributed by atoms with van der Waals surface area (Å²) in [5, 5.41) is 4.41. The molecule has 0 saturated carbocycles. The first kappa shape index (κ1) is 17.2. The lowest BCUT2D eigenvalue weighted by Gasteiger charge is -2.33. The molecular weight excluding hydrogens is 368 g/mol. The van der Waals surface area contributed by atoms with E-state index in [1.807, 2.05) is 40.8 Å². The van der Waals surface area contributed by atoms with Gasteiger partial charge in [-0.3, -0.25) is 4.79 Å². The molecule has 1 saturated heterocycles. The molecule has 3 rings (SSSR count). The van der Waals surface area contributed by atoms with Crippen LogP contribution in [0.25, 0.3) is 5.69 Å². The third kappa shape index (κ3) is 3.39. The van der Waals surface area contributed by atoms with E-state index in [1.54, 1.807) is 6.20 Å². The Morgan fingerprint density at radius 3 is 2.50 bits per heavy atom. The number of benzene rings is 1. The fourth-order valence-corrected chi connectivity index (χ4v) is 3.53. The number of aromatic nitrogens is 2. The third-order valence-corrected chi connectivity index (χ3v) is 5.41. The van der Waals surface area contributed by atoms with Crippen molar-refractivity contribution in [2.24, 2.45) is 11.7 Å². The smallest absolute Gasteiger partial charge is 0.257 e. The number of likely N-dealkylation sites (tertiary alicyclic amines) is 1. The molecule has 1 fully saturated rings. The molecule has 1 amide bonds. The largest absolute Gasteiger partial charge is 0.339 e. The van der Waals surface area contributed by atoms with Crippen molar-refractivity contribution >= 4 is 21.8 Å². The van der Waals surface area contributed by atoms with E-state index in [-0.39, 0.29) is 11.9 Å². The average molecular weight is 391 g/mol. The van der Waals surface area contributed by atoms with Gasteiger partial charge in [0.25, 0.3) is 5.91 Å². The predicted octanol–water partition coefficient (Wildman–Crippen LogP) is 3.14. The molecule has 1 aliphatic heterocycles. The fraction of sp³-hybridized carbons (Fsp3) is 0.444. The highest BCUT2D eigenvalue weighted by molar-refractivity contribution is 9.10. The highest BCUT2D eigenvalue weighted by Crippen LogP contribution is 2.23. The number of carbonyl (C=O) groups excluding carboxylic acids is 1. The number of nitrogens with zero attached hydrogens (tertiary/aromatic N) is 3. The number of carbonyl (C=O) groups is 1. The van der Waals surface area contributed by atoms with Gasteiger partial charge in [-0.15, -0.1) is 0 Å². The molecule has 1 atom stereocenters. The van der Waals surface area contributed by atoms with Gasteiger partial charge in [0, 0.05) is 23.6 Å². The van der Waals surface area contributed by atoms with Crippen molar-refractivity contribution in [3.05, 3.63) is 46.2 Å². The van der Waals surface area contributed by atoms with Crippen LogP contribution in [0.1, 0.15) is 35.8 Å². The van der Waals surface area contributed by atoms with E-state index in [0.717, 1.165) is 41.8 Å². The molecule has 5 nitrogen and oxygen atoms in total. The molecule has 24 heavy (non-hydrogen) atoms. The normalized spacial score (nSPS) is 17.1. The van der Waals surface area contributed by atoms with Gasteiger partial charge in [-0.25, -0.2) is 4.68 Å². The van der Waals surface area contributed by atoms with Crippen molar-refractivity contribution in [2.75, 3.05) is 13.1 Å². The topological polar surface area (TPSA) is 64.2 Å². The molecule has 1 aromatic carbocycles. The molecular formula is C18H23BrN4O. The van der Waals surface area contributed by atoms with Gasteiger partial charge in [0.05, 0.1) is 23.1 Å². The standard InChI is InChI=1S/C18H23BrN4O/c1-12(20)14-7-9-22(10-8-14)18(24)17-11-21-23(13(17)2)16-5-3-15(19)4-6-16/h3-6,11-12,14H,7-10,20H2,1-2H3. The van der Waals surface area contributed by atoms with Crippen molar-refractivity contribution in [1.82, 2.24) is 14.7 Å². The first-order chi connectivity index (χ1) is 11.5. The van der Waals surface area contributed by atoms with E-state index in [2.05, 4.69) is 28.0 Å². The molecule has 1 aromatic heterocycles. The summed E-state index contributed by atoms with van der Waals surface area (Å²) < 4.78 is 2.83. The van der Waals surface area contributed by atoms with Crippen LogP contribution in [0.2, 0.25) is 0 Å². The van der Waals surface area contributed by atoms with E-state index in [9.17, 15) is 4.79 Å². The summed E-state index contributed by atoms with van der Waals surface area (Å²) in [7, 11) is 0. The van der Waals surface area contributed by atoms with Crippen molar-refractivity contribution in [2.45, 2.75) is 32.7 Å². The number of rotatable bonds is 3. The maximum atomic E-state index is 12.8. The Labute approximate surface area is 151 Å². The second-order valence-corrected chi connectivity index (χ2v) is 7.44. The first-order valence-electron chi connectivity index (χ1n) is 8.33. The maximum absolute atomic E-state index is 12.8. The summed E-state index contributed by atoms with van der Waals surface area (Å²) in [6.45, 7) is 5.54. The Morgan fingerprint density at radius 2 is 1.92 bits per heavy atom. The zero-order chi connectivity index (χ0) is 17.3.